The number of aromatic nitrogens is 1. The second-order valence-electron chi connectivity index (χ2n) is 6.67. The van der Waals surface area contributed by atoms with Gasteiger partial charge >= 0.3 is 0 Å². The van der Waals surface area contributed by atoms with Crippen LogP contribution in [0, 0.1) is 27.7 Å². The van der Waals surface area contributed by atoms with E-state index in [-0.39, 0.29) is 0 Å². The number of rotatable bonds is 4. The van der Waals surface area contributed by atoms with E-state index in [1.165, 1.54) is 39.3 Å². The molecule has 0 amide bonds. The first-order chi connectivity index (χ1) is 12.0. The van der Waals surface area contributed by atoms with Crippen molar-refractivity contribution in [1.29, 1.82) is 0 Å². The van der Waals surface area contributed by atoms with Gasteiger partial charge in [0.05, 0.1) is 5.69 Å². The smallest absolute Gasteiger partial charge is 0.0632 e. The number of hydrogen-bond acceptors (Lipinski definition) is 1. The molecule has 2 nitrogen and oxygen atoms in total. The molecule has 0 spiro atoms. The van der Waals surface area contributed by atoms with E-state index in [0.717, 1.165) is 12.1 Å². The number of para-hydroxylation sites is 1. The minimum absolute atomic E-state index is 1.00. The topological polar surface area (TPSA) is 17.3 Å². The Morgan fingerprint density at radius 2 is 1.68 bits per heavy atom. The van der Waals surface area contributed by atoms with Crippen molar-refractivity contribution in [1.82, 2.24) is 4.57 Å². The molecule has 2 heteroatoms. The van der Waals surface area contributed by atoms with Crippen LogP contribution in [-0.2, 0) is 6.42 Å². The zero-order valence-corrected chi connectivity index (χ0v) is 15.8. The summed E-state index contributed by atoms with van der Waals surface area (Å²) in [7, 11) is 0. The van der Waals surface area contributed by atoms with Crippen LogP contribution in [0.25, 0.3) is 5.69 Å². The third kappa shape index (κ3) is 3.43. The molecule has 0 radical (unpaired) electrons. The molecule has 0 aliphatic heterocycles. The summed E-state index contributed by atoms with van der Waals surface area (Å²) >= 11 is 0. The fourth-order valence-electron chi connectivity index (χ4n) is 3.27. The third-order valence-corrected chi connectivity index (χ3v) is 4.93. The van der Waals surface area contributed by atoms with Crippen LogP contribution in [0.1, 0.15) is 40.6 Å². The van der Waals surface area contributed by atoms with Crippen LogP contribution in [0.4, 0.5) is 5.69 Å². The molecule has 0 unspecified atom stereocenters. The average molecular weight is 330 g/mol. The summed E-state index contributed by atoms with van der Waals surface area (Å²) in [6.07, 6.45) is 3.01. The Bertz CT molecular complexity index is 929. The lowest BCUT2D eigenvalue weighted by Gasteiger charge is -2.13. The number of nitrogens with zero attached hydrogens (tertiary/aromatic N) is 2. The van der Waals surface area contributed by atoms with Gasteiger partial charge in [0, 0.05) is 28.9 Å². The van der Waals surface area contributed by atoms with Crippen molar-refractivity contribution in [3.8, 4) is 5.69 Å². The Morgan fingerprint density at radius 1 is 0.920 bits per heavy atom. The number of benzene rings is 2. The van der Waals surface area contributed by atoms with Crippen molar-refractivity contribution in [2.75, 3.05) is 0 Å². The first-order valence-corrected chi connectivity index (χ1v) is 8.89. The molecule has 128 valence electrons. The van der Waals surface area contributed by atoms with Gasteiger partial charge in [-0.15, -0.1) is 0 Å². The Hall–Kier alpha value is -2.61. The Morgan fingerprint density at radius 3 is 2.40 bits per heavy atom. The van der Waals surface area contributed by atoms with Gasteiger partial charge in [0.2, 0.25) is 0 Å². The predicted molar refractivity (Wildman–Crippen MR) is 108 cm³/mol. The highest BCUT2D eigenvalue weighted by Gasteiger charge is 2.11. The fourth-order valence-corrected chi connectivity index (χ4v) is 3.27. The van der Waals surface area contributed by atoms with Crippen LogP contribution < -0.4 is 0 Å². The van der Waals surface area contributed by atoms with Gasteiger partial charge in [0.25, 0.3) is 0 Å². The zero-order valence-electron chi connectivity index (χ0n) is 15.8. The molecular formula is C23H26N2. The molecular weight excluding hydrogens is 304 g/mol. The second kappa shape index (κ2) is 7.10. The first-order valence-electron chi connectivity index (χ1n) is 8.89. The minimum atomic E-state index is 1.00. The highest BCUT2D eigenvalue weighted by atomic mass is 15.0. The molecule has 0 saturated carbocycles. The summed E-state index contributed by atoms with van der Waals surface area (Å²) in [5, 5.41) is 0. The highest BCUT2D eigenvalue weighted by molar-refractivity contribution is 5.84. The average Bonchev–Trinajstić information content (AvgIpc) is 2.89. The maximum Gasteiger partial charge on any atom is 0.0632 e. The molecule has 3 aromatic rings. The summed E-state index contributed by atoms with van der Waals surface area (Å²) in [5.74, 6) is 0. The van der Waals surface area contributed by atoms with E-state index >= 15 is 0 Å². The normalized spacial score (nSPS) is 11.4. The highest BCUT2D eigenvalue weighted by Crippen LogP contribution is 2.24. The predicted octanol–water partition coefficient (Wildman–Crippen LogP) is 6.02. The van der Waals surface area contributed by atoms with Crippen molar-refractivity contribution < 1.29 is 0 Å². The lowest BCUT2D eigenvalue weighted by molar-refractivity contribution is 0.937. The zero-order chi connectivity index (χ0) is 18.0. The Balaban J connectivity index is 1.99. The molecule has 25 heavy (non-hydrogen) atoms. The summed E-state index contributed by atoms with van der Waals surface area (Å²) < 4.78 is 2.33. The molecule has 0 bridgehead atoms. The summed E-state index contributed by atoms with van der Waals surface area (Å²) in [6.45, 7) is 10.8. The van der Waals surface area contributed by atoms with Crippen molar-refractivity contribution in [2.24, 2.45) is 4.99 Å². The van der Waals surface area contributed by atoms with Crippen molar-refractivity contribution in [3.05, 3.63) is 82.2 Å². The summed E-state index contributed by atoms with van der Waals surface area (Å²) in [4.78, 5) is 4.69. The number of aliphatic imine (C=N–C) groups is 1. The lowest BCUT2D eigenvalue weighted by Crippen LogP contribution is -2.03. The van der Waals surface area contributed by atoms with Crippen molar-refractivity contribution in [3.63, 3.8) is 0 Å². The van der Waals surface area contributed by atoms with E-state index in [1.54, 1.807) is 0 Å². The van der Waals surface area contributed by atoms with Gasteiger partial charge < -0.3 is 4.57 Å². The van der Waals surface area contributed by atoms with E-state index < -0.39 is 0 Å². The van der Waals surface area contributed by atoms with Crippen LogP contribution in [0.2, 0.25) is 0 Å². The third-order valence-electron chi connectivity index (χ3n) is 4.93. The minimum Gasteiger partial charge on any atom is -0.318 e. The standard InChI is InChI=1S/C23H26N2/c1-6-20-9-7-8-10-23(20)25-18(4)14-21(19(25)5)15-24-22-12-11-16(2)17(3)13-22/h7-15H,6H2,1-5H3. The van der Waals surface area contributed by atoms with Gasteiger partial charge in [-0.05, 0) is 75.1 Å². The SMILES string of the molecule is CCc1ccccc1-n1c(C)cc(C=Nc2ccc(C)c(C)c2)c1C. The van der Waals surface area contributed by atoms with Gasteiger partial charge in [-0.25, -0.2) is 0 Å². The van der Waals surface area contributed by atoms with E-state index in [0.29, 0.717) is 0 Å². The summed E-state index contributed by atoms with van der Waals surface area (Å²) in [6, 6.07) is 17.2. The fraction of sp³-hybridized carbons (Fsp3) is 0.261. The largest absolute Gasteiger partial charge is 0.318 e. The van der Waals surface area contributed by atoms with Gasteiger partial charge in [-0.1, -0.05) is 31.2 Å². The molecule has 2 aromatic carbocycles. The molecule has 1 heterocycles. The van der Waals surface area contributed by atoms with Gasteiger partial charge in [0.1, 0.15) is 0 Å². The summed E-state index contributed by atoms with van der Waals surface area (Å²) in [5.41, 5.74) is 9.84. The molecule has 1 aromatic heterocycles. The quantitative estimate of drug-likeness (QED) is 0.520. The number of aryl methyl sites for hydroxylation is 4. The lowest BCUT2D eigenvalue weighted by atomic mass is 10.1. The maximum atomic E-state index is 4.69. The second-order valence-corrected chi connectivity index (χ2v) is 6.67. The van der Waals surface area contributed by atoms with Crippen LogP contribution >= 0.6 is 0 Å². The van der Waals surface area contributed by atoms with E-state index in [4.69, 9.17) is 4.99 Å². The van der Waals surface area contributed by atoms with Crippen LogP contribution in [0.3, 0.4) is 0 Å². The first kappa shape index (κ1) is 17.2. The van der Waals surface area contributed by atoms with E-state index in [2.05, 4.69) is 87.7 Å². The number of hydrogen-bond donors (Lipinski definition) is 0. The van der Waals surface area contributed by atoms with Crippen LogP contribution in [0.15, 0.2) is 53.5 Å². The Kier molecular flexibility index (Phi) is 4.89. The van der Waals surface area contributed by atoms with E-state index in [9.17, 15) is 0 Å². The molecule has 3 rings (SSSR count). The van der Waals surface area contributed by atoms with E-state index in [1.807, 2.05) is 6.21 Å². The van der Waals surface area contributed by atoms with Crippen molar-refractivity contribution in [2.45, 2.75) is 41.0 Å². The monoisotopic (exact) mass is 330 g/mol. The molecule has 0 aliphatic rings. The Labute approximate surface area is 150 Å². The maximum absolute atomic E-state index is 4.69. The van der Waals surface area contributed by atoms with Gasteiger partial charge in [-0.3, -0.25) is 4.99 Å². The molecule has 0 fully saturated rings. The van der Waals surface area contributed by atoms with Gasteiger partial charge in [0.15, 0.2) is 0 Å². The van der Waals surface area contributed by atoms with Crippen LogP contribution in [0.5, 0.6) is 0 Å². The molecule has 0 saturated heterocycles. The van der Waals surface area contributed by atoms with Gasteiger partial charge in [-0.2, -0.15) is 0 Å². The molecule has 0 aliphatic carbocycles. The van der Waals surface area contributed by atoms with Crippen molar-refractivity contribution >= 4 is 11.9 Å². The molecule has 0 N–H and O–H groups in total. The molecule has 0 atom stereocenters. The van der Waals surface area contributed by atoms with Crippen LogP contribution in [-0.4, -0.2) is 10.8 Å².